The van der Waals surface area contributed by atoms with E-state index >= 15 is 0 Å². The number of aliphatic carboxylic acids is 1. The maximum absolute atomic E-state index is 12.4. The van der Waals surface area contributed by atoms with Gasteiger partial charge in [0.1, 0.15) is 11.4 Å². The number of hydrogen-bond acceptors (Lipinski definition) is 5. The average Bonchev–Trinajstić information content (AvgIpc) is 3.20. The SMILES string of the molecule is Cl.O=C(CN1C[C@@H]2CCC[C@@]2(C(=O)O)C1)Nc1cccc2c1N=S=N2. The van der Waals surface area contributed by atoms with Crippen LogP contribution in [0, 0.1) is 11.3 Å². The average molecular weight is 383 g/mol. The molecule has 1 saturated carbocycles. The number of carbonyl (C=O) groups excluding carboxylic acids is 1. The van der Waals surface area contributed by atoms with E-state index in [1.165, 1.54) is 0 Å². The Morgan fingerprint density at radius 1 is 1.40 bits per heavy atom. The molecule has 2 N–H and O–H groups in total. The predicted molar refractivity (Wildman–Crippen MR) is 97.7 cm³/mol. The van der Waals surface area contributed by atoms with Crippen molar-refractivity contribution in [3.8, 4) is 0 Å². The quantitative estimate of drug-likeness (QED) is 0.849. The highest BCUT2D eigenvalue weighted by atomic mass is 35.5. The number of benzene rings is 1. The van der Waals surface area contributed by atoms with Crippen molar-refractivity contribution in [2.45, 2.75) is 19.3 Å². The normalized spacial score (nSPS) is 26.5. The van der Waals surface area contributed by atoms with Gasteiger partial charge in [-0.3, -0.25) is 14.5 Å². The first-order valence-corrected chi connectivity index (χ1v) is 8.78. The number of carboxylic acids is 1. The maximum atomic E-state index is 12.4. The minimum Gasteiger partial charge on any atom is -0.481 e. The summed E-state index contributed by atoms with van der Waals surface area (Å²) < 4.78 is 8.37. The molecular formula is C16H19ClN4O3S. The van der Waals surface area contributed by atoms with Crippen molar-refractivity contribution in [1.29, 1.82) is 0 Å². The van der Waals surface area contributed by atoms with Gasteiger partial charge in [0, 0.05) is 13.1 Å². The molecule has 2 atom stereocenters. The number of nitrogens with zero attached hydrogens (tertiary/aromatic N) is 3. The third-order valence-electron chi connectivity index (χ3n) is 5.29. The number of halogens is 1. The topological polar surface area (TPSA) is 94.4 Å². The minimum absolute atomic E-state index is 0. The first-order valence-electron chi connectivity index (χ1n) is 8.05. The minimum atomic E-state index is -0.716. The third-order valence-corrected chi connectivity index (χ3v) is 5.84. The number of rotatable bonds is 4. The second-order valence-corrected chi connectivity index (χ2v) is 7.23. The van der Waals surface area contributed by atoms with E-state index in [-0.39, 0.29) is 30.8 Å². The lowest BCUT2D eigenvalue weighted by Crippen LogP contribution is -2.37. The Labute approximate surface area is 155 Å². The summed E-state index contributed by atoms with van der Waals surface area (Å²) in [4.78, 5) is 26.1. The van der Waals surface area contributed by atoms with Crippen molar-refractivity contribution in [3.63, 3.8) is 0 Å². The smallest absolute Gasteiger partial charge is 0.311 e. The van der Waals surface area contributed by atoms with E-state index in [9.17, 15) is 14.7 Å². The van der Waals surface area contributed by atoms with Crippen molar-refractivity contribution in [2.24, 2.45) is 20.1 Å². The highest BCUT2D eigenvalue weighted by Crippen LogP contribution is 2.48. The highest BCUT2D eigenvalue weighted by molar-refractivity contribution is 7.58. The second kappa shape index (κ2) is 6.86. The number of hydrogen-bond donors (Lipinski definition) is 2. The number of amides is 1. The Bertz CT molecular complexity index is 796. The molecule has 2 fully saturated rings. The summed E-state index contributed by atoms with van der Waals surface area (Å²) in [5.41, 5.74) is 1.45. The van der Waals surface area contributed by atoms with Gasteiger partial charge in [0.15, 0.2) is 0 Å². The number of carbonyl (C=O) groups is 2. The first-order chi connectivity index (χ1) is 11.6. The zero-order valence-corrected chi connectivity index (χ0v) is 15.1. The van der Waals surface area contributed by atoms with Crippen LogP contribution in [0.3, 0.4) is 0 Å². The van der Waals surface area contributed by atoms with Crippen molar-refractivity contribution in [2.75, 3.05) is 25.0 Å². The Hall–Kier alpha value is -1.77. The van der Waals surface area contributed by atoms with E-state index in [2.05, 4.69) is 14.0 Å². The van der Waals surface area contributed by atoms with Gasteiger partial charge in [-0.25, -0.2) is 0 Å². The fourth-order valence-electron chi connectivity index (χ4n) is 4.16. The predicted octanol–water partition coefficient (Wildman–Crippen LogP) is 2.96. The van der Waals surface area contributed by atoms with Crippen LogP contribution in [0.25, 0.3) is 0 Å². The Morgan fingerprint density at radius 2 is 2.24 bits per heavy atom. The van der Waals surface area contributed by atoms with Crippen molar-refractivity contribution < 1.29 is 14.7 Å². The van der Waals surface area contributed by atoms with E-state index in [4.69, 9.17) is 0 Å². The number of fused-ring (bicyclic) bond motifs is 2. The highest BCUT2D eigenvalue weighted by Gasteiger charge is 2.54. The summed E-state index contributed by atoms with van der Waals surface area (Å²) in [5, 5.41) is 12.5. The molecule has 0 unspecified atom stereocenters. The lowest BCUT2D eigenvalue weighted by Gasteiger charge is -2.23. The molecule has 7 nitrogen and oxygen atoms in total. The first kappa shape index (κ1) is 18.0. The summed E-state index contributed by atoms with van der Waals surface area (Å²) in [6.07, 6.45) is 2.62. The fourth-order valence-corrected chi connectivity index (χ4v) is 4.71. The number of nitrogens with one attached hydrogen (secondary N) is 1. The number of anilines is 1. The van der Waals surface area contributed by atoms with Gasteiger partial charge < -0.3 is 10.4 Å². The molecule has 1 aliphatic carbocycles. The molecule has 134 valence electrons. The summed E-state index contributed by atoms with van der Waals surface area (Å²) in [6.45, 7) is 1.35. The van der Waals surface area contributed by atoms with Crippen LogP contribution >= 0.6 is 12.4 Å². The van der Waals surface area contributed by atoms with E-state index in [1.807, 2.05) is 17.0 Å². The molecule has 2 aliphatic heterocycles. The zero-order valence-electron chi connectivity index (χ0n) is 13.5. The summed E-state index contributed by atoms with van der Waals surface area (Å²) in [6, 6.07) is 5.49. The van der Waals surface area contributed by atoms with Gasteiger partial charge in [0.25, 0.3) is 0 Å². The molecule has 1 aromatic carbocycles. The van der Waals surface area contributed by atoms with E-state index < -0.39 is 11.4 Å². The van der Waals surface area contributed by atoms with Crippen LogP contribution in [0.1, 0.15) is 19.3 Å². The molecule has 2 heterocycles. The molecule has 9 heteroatoms. The van der Waals surface area contributed by atoms with Crippen molar-refractivity contribution >= 4 is 52.7 Å². The van der Waals surface area contributed by atoms with E-state index in [0.29, 0.717) is 24.5 Å². The van der Waals surface area contributed by atoms with Gasteiger partial charge in [-0.2, -0.15) is 8.73 Å². The van der Waals surface area contributed by atoms with Crippen LogP contribution in [-0.4, -0.2) is 41.5 Å². The third kappa shape index (κ3) is 3.09. The molecule has 1 saturated heterocycles. The molecule has 0 spiro atoms. The monoisotopic (exact) mass is 382 g/mol. The van der Waals surface area contributed by atoms with Crippen LogP contribution in [0.15, 0.2) is 26.9 Å². The summed E-state index contributed by atoms with van der Waals surface area (Å²) in [7, 11) is 0. The lowest BCUT2D eigenvalue weighted by molar-refractivity contribution is -0.149. The zero-order chi connectivity index (χ0) is 16.7. The molecule has 4 rings (SSSR count). The second-order valence-electron chi connectivity index (χ2n) is 6.71. The molecule has 25 heavy (non-hydrogen) atoms. The van der Waals surface area contributed by atoms with Crippen LogP contribution in [0.4, 0.5) is 17.1 Å². The largest absolute Gasteiger partial charge is 0.481 e. The van der Waals surface area contributed by atoms with Crippen LogP contribution < -0.4 is 5.32 Å². The Balaban J connectivity index is 0.00000182. The van der Waals surface area contributed by atoms with Gasteiger partial charge in [0.2, 0.25) is 5.91 Å². The van der Waals surface area contributed by atoms with Crippen LogP contribution in [0.5, 0.6) is 0 Å². The standard InChI is InChI=1S/C16H18N4O3S.ClH/c21-13(17-11-4-1-5-12-14(11)19-24-18-12)8-20-7-10-3-2-6-16(10,9-20)15(22)23;/h1,4-5,10H,2-3,6-9H2,(H,17,21)(H,22,23);1H/t10-,16+;/m0./s1. The van der Waals surface area contributed by atoms with Crippen LogP contribution in [0.2, 0.25) is 0 Å². The van der Waals surface area contributed by atoms with Gasteiger partial charge in [-0.05, 0) is 30.9 Å². The Morgan fingerprint density at radius 3 is 3.00 bits per heavy atom. The van der Waals surface area contributed by atoms with E-state index in [1.54, 1.807) is 6.07 Å². The maximum Gasteiger partial charge on any atom is 0.311 e. The Kier molecular flexibility index (Phi) is 4.95. The number of likely N-dealkylation sites (tertiary alicyclic amines) is 1. The van der Waals surface area contributed by atoms with Crippen LogP contribution in [-0.2, 0) is 20.9 Å². The summed E-state index contributed by atoms with van der Waals surface area (Å²) in [5.74, 6) is -0.698. The molecule has 0 radical (unpaired) electrons. The summed E-state index contributed by atoms with van der Waals surface area (Å²) >= 11 is 1.11. The molecule has 3 aliphatic rings. The fraction of sp³-hybridized carbons (Fsp3) is 0.500. The molecule has 0 aromatic heterocycles. The molecule has 1 aromatic rings. The van der Waals surface area contributed by atoms with Crippen molar-refractivity contribution in [3.05, 3.63) is 18.2 Å². The number of carboxylic acid groups (broad SMARTS) is 1. The molecular weight excluding hydrogens is 364 g/mol. The van der Waals surface area contributed by atoms with E-state index in [0.717, 1.165) is 36.3 Å². The van der Waals surface area contributed by atoms with Gasteiger partial charge in [-0.1, -0.05) is 12.5 Å². The molecule has 0 bridgehead atoms. The van der Waals surface area contributed by atoms with Crippen molar-refractivity contribution in [1.82, 2.24) is 4.90 Å². The molecule has 1 amide bonds. The van der Waals surface area contributed by atoms with Gasteiger partial charge in [0.05, 0.1) is 29.0 Å². The van der Waals surface area contributed by atoms with Gasteiger partial charge in [-0.15, -0.1) is 12.4 Å². The lowest BCUT2D eigenvalue weighted by atomic mass is 9.81. The van der Waals surface area contributed by atoms with Gasteiger partial charge >= 0.3 is 5.97 Å².